The molecule has 6 heteroatoms. The zero-order chi connectivity index (χ0) is 13.9. The third kappa shape index (κ3) is 3.52. The number of rotatable bonds is 4. The van der Waals surface area contributed by atoms with Crippen LogP contribution < -0.4 is 4.72 Å². The normalized spacial score (nSPS) is 11.4. The molecule has 0 aliphatic rings. The number of benzene rings is 1. The van der Waals surface area contributed by atoms with Gasteiger partial charge in [0.1, 0.15) is 5.75 Å². The van der Waals surface area contributed by atoms with E-state index in [2.05, 4.69) is 9.71 Å². The number of phenols is 1. The highest BCUT2D eigenvalue weighted by atomic mass is 32.2. The highest BCUT2D eigenvalue weighted by molar-refractivity contribution is 7.89. The third-order valence-electron chi connectivity index (χ3n) is 2.57. The molecular weight excluding hydrogens is 264 g/mol. The summed E-state index contributed by atoms with van der Waals surface area (Å²) < 4.78 is 26.4. The van der Waals surface area contributed by atoms with Gasteiger partial charge in [-0.25, -0.2) is 13.1 Å². The smallest absolute Gasteiger partial charge is 0.241 e. The topological polar surface area (TPSA) is 79.3 Å². The molecular formula is C13H14N2O3S. The lowest BCUT2D eigenvalue weighted by Gasteiger charge is -2.07. The summed E-state index contributed by atoms with van der Waals surface area (Å²) in [5.41, 5.74) is 1.65. The van der Waals surface area contributed by atoms with Crippen LogP contribution in [0.3, 0.4) is 0 Å². The van der Waals surface area contributed by atoms with Crippen LogP contribution in [0, 0.1) is 6.92 Å². The van der Waals surface area contributed by atoms with Crippen LogP contribution in [0.25, 0.3) is 0 Å². The Hall–Kier alpha value is -1.92. The van der Waals surface area contributed by atoms with Gasteiger partial charge in [-0.1, -0.05) is 12.1 Å². The lowest BCUT2D eigenvalue weighted by Crippen LogP contribution is -2.23. The van der Waals surface area contributed by atoms with E-state index in [9.17, 15) is 13.5 Å². The Morgan fingerprint density at radius 3 is 2.68 bits per heavy atom. The van der Waals surface area contributed by atoms with Gasteiger partial charge in [0.15, 0.2) is 0 Å². The molecule has 2 aromatic rings. The lowest BCUT2D eigenvalue weighted by molar-refractivity contribution is 0.473. The summed E-state index contributed by atoms with van der Waals surface area (Å²) in [7, 11) is -3.63. The minimum Gasteiger partial charge on any atom is -0.508 e. The quantitative estimate of drug-likeness (QED) is 0.889. The molecule has 0 atom stereocenters. The number of pyridine rings is 1. The van der Waals surface area contributed by atoms with Crippen LogP contribution in [0.2, 0.25) is 0 Å². The van der Waals surface area contributed by atoms with Gasteiger partial charge in [-0.2, -0.15) is 0 Å². The molecule has 0 fully saturated rings. The van der Waals surface area contributed by atoms with Gasteiger partial charge in [-0.05, 0) is 36.8 Å². The minimum absolute atomic E-state index is 0.0348. The van der Waals surface area contributed by atoms with Gasteiger partial charge in [-0.15, -0.1) is 0 Å². The zero-order valence-electron chi connectivity index (χ0n) is 10.4. The largest absolute Gasteiger partial charge is 0.508 e. The first-order chi connectivity index (χ1) is 8.97. The second-order valence-corrected chi connectivity index (χ2v) is 5.90. The molecule has 0 saturated carbocycles. The van der Waals surface area contributed by atoms with E-state index in [1.807, 2.05) is 19.1 Å². The molecule has 2 N–H and O–H groups in total. The molecule has 0 unspecified atom stereocenters. The summed E-state index contributed by atoms with van der Waals surface area (Å²) in [6.45, 7) is 2.02. The monoisotopic (exact) mass is 278 g/mol. The van der Waals surface area contributed by atoms with Crippen molar-refractivity contribution in [3.05, 3.63) is 53.9 Å². The molecule has 0 amide bonds. The van der Waals surface area contributed by atoms with Gasteiger partial charge in [0.05, 0.1) is 4.90 Å². The van der Waals surface area contributed by atoms with E-state index in [1.54, 1.807) is 6.20 Å². The number of sulfonamides is 1. The van der Waals surface area contributed by atoms with Crippen molar-refractivity contribution in [1.29, 1.82) is 0 Å². The summed E-state index contributed by atoms with van der Waals surface area (Å²) >= 11 is 0. The Bertz CT molecular complexity index is 667. The average molecular weight is 278 g/mol. The number of aryl methyl sites for hydroxylation is 1. The maximum atomic E-state index is 12.0. The zero-order valence-corrected chi connectivity index (χ0v) is 11.2. The molecule has 1 aromatic heterocycles. The molecule has 0 saturated heterocycles. The maximum Gasteiger partial charge on any atom is 0.241 e. The number of phenolic OH excluding ortho intramolecular Hbond substituents is 1. The molecule has 0 radical (unpaired) electrons. The van der Waals surface area contributed by atoms with Crippen molar-refractivity contribution < 1.29 is 13.5 Å². The third-order valence-corrected chi connectivity index (χ3v) is 3.97. The van der Waals surface area contributed by atoms with Crippen LogP contribution in [-0.2, 0) is 16.6 Å². The molecule has 0 aliphatic heterocycles. The van der Waals surface area contributed by atoms with Gasteiger partial charge in [0, 0.05) is 18.4 Å². The molecule has 5 nitrogen and oxygen atoms in total. The fourth-order valence-electron chi connectivity index (χ4n) is 1.52. The number of hydrogen-bond donors (Lipinski definition) is 2. The van der Waals surface area contributed by atoms with Crippen LogP contribution >= 0.6 is 0 Å². The standard InChI is InChI=1S/C13H14N2O3S/c1-10-5-6-11(8-14-10)9-15-19(17,18)13-4-2-3-12(16)7-13/h2-8,15-16H,9H2,1H3. The first-order valence-electron chi connectivity index (χ1n) is 5.67. The van der Waals surface area contributed by atoms with Crippen molar-refractivity contribution in [3.63, 3.8) is 0 Å². The fourth-order valence-corrected chi connectivity index (χ4v) is 2.57. The van der Waals surface area contributed by atoms with Crippen LogP contribution in [0.5, 0.6) is 5.75 Å². The van der Waals surface area contributed by atoms with Crippen molar-refractivity contribution in [2.45, 2.75) is 18.4 Å². The van der Waals surface area contributed by atoms with Crippen molar-refractivity contribution in [2.24, 2.45) is 0 Å². The highest BCUT2D eigenvalue weighted by Gasteiger charge is 2.13. The van der Waals surface area contributed by atoms with Gasteiger partial charge in [-0.3, -0.25) is 4.98 Å². The molecule has 19 heavy (non-hydrogen) atoms. The van der Waals surface area contributed by atoms with E-state index in [-0.39, 0.29) is 17.2 Å². The Kier molecular flexibility index (Phi) is 3.82. The molecule has 0 aliphatic carbocycles. The fraction of sp³-hybridized carbons (Fsp3) is 0.154. The maximum absolute atomic E-state index is 12.0. The number of hydrogen-bond acceptors (Lipinski definition) is 4. The van der Waals surface area contributed by atoms with Gasteiger partial charge in [0.25, 0.3) is 0 Å². The SMILES string of the molecule is Cc1ccc(CNS(=O)(=O)c2cccc(O)c2)cn1. The highest BCUT2D eigenvalue weighted by Crippen LogP contribution is 2.15. The van der Waals surface area contributed by atoms with E-state index in [4.69, 9.17) is 0 Å². The second-order valence-electron chi connectivity index (χ2n) is 4.13. The molecule has 1 aromatic carbocycles. The van der Waals surface area contributed by atoms with Crippen molar-refractivity contribution in [1.82, 2.24) is 9.71 Å². The molecule has 100 valence electrons. The first kappa shape index (κ1) is 13.5. The first-order valence-corrected chi connectivity index (χ1v) is 7.16. The van der Waals surface area contributed by atoms with E-state index >= 15 is 0 Å². The number of nitrogens with one attached hydrogen (secondary N) is 1. The summed E-state index contributed by atoms with van der Waals surface area (Å²) in [5.74, 6) is -0.0834. The van der Waals surface area contributed by atoms with Crippen molar-refractivity contribution in [3.8, 4) is 5.75 Å². The molecule has 0 bridgehead atoms. The Balaban J connectivity index is 2.12. The van der Waals surface area contributed by atoms with Gasteiger partial charge in [0.2, 0.25) is 10.0 Å². The summed E-state index contributed by atoms with van der Waals surface area (Å²) in [5, 5.41) is 9.29. The van der Waals surface area contributed by atoms with E-state index in [0.717, 1.165) is 11.3 Å². The lowest BCUT2D eigenvalue weighted by atomic mass is 10.2. The summed E-state index contributed by atoms with van der Waals surface area (Å²) in [6, 6.07) is 9.16. The Labute approximate surface area is 112 Å². The van der Waals surface area contributed by atoms with E-state index in [1.165, 1.54) is 24.3 Å². The predicted octanol–water partition coefficient (Wildman–Crippen LogP) is 1.57. The van der Waals surface area contributed by atoms with E-state index < -0.39 is 10.0 Å². The van der Waals surface area contributed by atoms with E-state index in [0.29, 0.717) is 0 Å². The Morgan fingerprint density at radius 1 is 1.26 bits per heavy atom. The van der Waals surface area contributed by atoms with Crippen molar-refractivity contribution in [2.75, 3.05) is 0 Å². The van der Waals surface area contributed by atoms with Crippen LogP contribution in [0.4, 0.5) is 0 Å². The minimum atomic E-state index is -3.63. The van der Waals surface area contributed by atoms with Crippen molar-refractivity contribution >= 4 is 10.0 Å². The Morgan fingerprint density at radius 2 is 2.05 bits per heavy atom. The number of nitrogens with zero attached hydrogens (tertiary/aromatic N) is 1. The summed E-state index contributed by atoms with van der Waals surface area (Å²) in [6.07, 6.45) is 1.63. The number of aromatic hydroxyl groups is 1. The van der Waals surface area contributed by atoms with Gasteiger partial charge < -0.3 is 5.11 Å². The predicted molar refractivity (Wildman–Crippen MR) is 71.1 cm³/mol. The molecule has 1 heterocycles. The second kappa shape index (κ2) is 5.38. The molecule has 0 spiro atoms. The van der Waals surface area contributed by atoms with Crippen LogP contribution in [0.15, 0.2) is 47.5 Å². The van der Waals surface area contributed by atoms with Crippen LogP contribution in [-0.4, -0.2) is 18.5 Å². The molecule has 2 rings (SSSR count). The van der Waals surface area contributed by atoms with Gasteiger partial charge >= 0.3 is 0 Å². The van der Waals surface area contributed by atoms with Crippen LogP contribution in [0.1, 0.15) is 11.3 Å². The summed E-state index contributed by atoms with van der Waals surface area (Å²) in [4.78, 5) is 4.13. The number of aromatic nitrogens is 1. The average Bonchev–Trinajstić information content (AvgIpc) is 2.38.